The minimum atomic E-state index is 0.250. The Bertz CT molecular complexity index is 149. The molecule has 0 aromatic heterocycles. The van der Waals surface area contributed by atoms with Crippen LogP contribution in [0.5, 0.6) is 0 Å². The number of epoxide rings is 2. The predicted octanol–water partition coefficient (Wildman–Crippen LogP) is 0.707. The highest BCUT2D eigenvalue weighted by atomic mass is 16.7. The van der Waals surface area contributed by atoms with Crippen LogP contribution in [-0.2, 0) is 9.47 Å². The highest BCUT2D eigenvalue weighted by Crippen LogP contribution is 2.55. The second-order valence-electron chi connectivity index (χ2n) is 3.28. The lowest BCUT2D eigenvalue weighted by molar-refractivity contribution is 0.207. The molecule has 0 radical (unpaired) electrons. The molecular formula is C7H10O2. The minimum Gasteiger partial charge on any atom is -0.370 e. The Morgan fingerprint density at radius 1 is 1.33 bits per heavy atom. The van der Waals surface area contributed by atoms with E-state index in [1.165, 1.54) is 19.3 Å². The molecule has 3 unspecified atom stereocenters. The van der Waals surface area contributed by atoms with Crippen molar-refractivity contribution in [2.45, 2.75) is 37.1 Å². The van der Waals surface area contributed by atoms with Gasteiger partial charge in [-0.1, -0.05) is 0 Å². The van der Waals surface area contributed by atoms with Crippen LogP contribution >= 0.6 is 0 Å². The number of ether oxygens (including phenoxy) is 2. The maximum atomic E-state index is 5.54. The lowest BCUT2D eigenvalue weighted by Gasteiger charge is -2.00. The summed E-state index contributed by atoms with van der Waals surface area (Å²) in [5.41, 5.74) is 0.250. The zero-order chi connectivity index (χ0) is 5.90. The third-order valence-corrected chi connectivity index (χ3v) is 2.76. The summed E-state index contributed by atoms with van der Waals surface area (Å²) >= 11 is 0. The van der Waals surface area contributed by atoms with Crippen LogP contribution in [0, 0.1) is 0 Å². The van der Waals surface area contributed by atoms with Gasteiger partial charge in [0.15, 0.2) is 0 Å². The molecular weight excluding hydrogens is 116 g/mol. The first-order valence-corrected chi connectivity index (χ1v) is 3.71. The van der Waals surface area contributed by atoms with Gasteiger partial charge in [0, 0.05) is 0 Å². The second kappa shape index (κ2) is 1.18. The van der Waals surface area contributed by atoms with Crippen LogP contribution in [0.1, 0.15) is 19.3 Å². The van der Waals surface area contributed by atoms with E-state index < -0.39 is 0 Å². The molecule has 2 heterocycles. The average molecular weight is 126 g/mol. The van der Waals surface area contributed by atoms with Gasteiger partial charge < -0.3 is 9.47 Å². The largest absolute Gasteiger partial charge is 0.370 e. The van der Waals surface area contributed by atoms with E-state index in [-0.39, 0.29) is 5.60 Å². The summed E-state index contributed by atoms with van der Waals surface area (Å²) in [4.78, 5) is 0. The quantitative estimate of drug-likeness (QED) is 0.483. The molecule has 3 fully saturated rings. The molecule has 2 heteroatoms. The molecule has 0 amide bonds. The zero-order valence-corrected chi connectivity index (χ0v) is 5.30. The molecule has 50 valence electrons. The van der Waals surface area contributed by atoms with Crippen molar-refractivity contribution in [2.75, 3.05) is 6.61 Å². The first kappa shape index (κ1) is 4.69. The molecule has 3 rings (SSSR count). The summed E-state index contributed by atoms with van der Waals surface area (Å²) in [5.74, 6) is 0. The number of hydrogen-bond acceptors (Lipinski definition) is 2. The maximum absolute atomic E-state index is 5.54. The smallest absolute Gasteiger partial charge is 0.123 e. The molecule has 9 heavy (non-hydrogen) atoms. The van der Waals surface area contributed by atoms with Crippen molar-refractivity contribution in [3.63, 3.8) is 0 Å². The van der Waals surface area contributed by atoms with Crippen LogP contribution in [0.15, 0.2) is 0 Å². The molecule has 0 N–H and O–H groups in total. The SMILES string of the molecule is C1CC2OC2(C2CO2)C1. The van der Waals surface area contributed by atoms with Gasteiger partial charge in [0.25, 0.3) is 0 Å². The Morgan fingerprint density at radius 2 is 2.22 bits per heavy atom. The molecule has 0 bridgehead atoms. The number of fused-ring (bicyclic) bond motifs is 1. The first-order chi connectivity index (χ1) is 4.42. The molecule has 3 aliphatic rings. The van der Waals surface area contributed by atoms with Crippen LogP contribution in [0.4, 0.5) is 0 Å². The van der Waals surface area contributed by atoms with Crippen molar-refractivity contribution >= 4 is 0 Å². The highest BCUT2D eigenvalue weighted by Gasteiger charge is 2.67. The normalized spacial score (nSPS) is 61.3. The van der Waals surface area contributed by atoms with E-state index in [9.17, 15) is 0 Å². The Hall–Kier alpha value is -0.0800. The summed E-state index contributed by atoms with van der Waals surface area (Å²) in [7, 11) is 0. The van der Waals surface area contributed by atoms with Crippen LogP contribution in [0.3, 0.4) is 0 Å². The second-order valence-corrected chi connectivity index (χ2v) is 3.28. The zero-order valence-electron chi connectivity index (χ0n) is 5.30. The monoisotopic (exact) mass is 126 g/mol. The van der Waals surface area contributed by atoms with E-state index in [0.717, 1.165) is 6.61 Å². The van der Waals surface area contributed by atoms with E-state index in [0.29, 0.717) is 12.2 Å². The first-order valence-electron chi connectivity index (χ1n) is 3.71. The Balaban J connectivity index is 1.87. The molecule has 0 spiro atoms. The van der Waals surface area contributed by atoms with E-state index >= 15 is 0 Å². The summed E-state index contributed by atoms with van der Waals surface area (Å²) < 4.78 is 10.8. The number of hydrogen-bond donors (Lipinski definition) is 0. The summed E-state index contributed by atoms with van der Waals surface area (Å²) in [6, 6.07) is 0. The van der Waals surface area contributed by atoms with Gasteiger partial charge in [-0.2, -0.15) is 0 Å². The third-order valence-electron chi connectivity index (χ3n) is 2.76. The highest BCUT2D eigenvalue weighted by molar-refractivity contribution is 5.15. The van der Waals surface area contributed by atoms with Gasteiger partial charge in [0.05, 0.1) is 12.7 Å². The molecule has 1 aliphatic carbocycles. The molecule has 3 atom stereocenters. The maximum Gasteiger partial charge on any atom is 0.123 e. The van der Waals surface area contributed by atoms with Gasteiger partial charge in [-0.15, -0.1) is 0 Å². The van der Waals surface area contributed by atoms with Crippen molar-refractivity contribution in [3.8, 4) is 0 Å². The fraction of sp³-hybridized carbons (Fsp3) is 1.00. The Morgan fingerprint density at radius 3 is 2.67 bits per heavy atom. The topological polar surface area (TPSA) is 25.1 Å². The van der Waals surface area contributed by atoms with Crippen molar-refractivity contribution in [1.29, 1.82) is 0 Å². The van der Waals surface area contributed by atoms with Crippen LogP contribution in [0.2, 0.25) is 0 Å². The fourth-order valence-electron chi connectivity index (χ4n) is 2.09. The predicted molar refractivity (Wildman–Crippen MR) is 31.2 cm³/mol. The Labute approximate surface area is 54.1 Å². The van der Waals surface area contributed by atoms with Crippen molar-refractivity contribution in [3.05, 3.63) is 0 Å². The standard InChI is InChI=1S/C7H10O2/c1-2-5-7(3-1,9-5)6-4-8-6/h5-6H,1-4H2. The van der Waals surface area contributed by atoms with Crippen LogP contribution in [-0.4, -0.2) is 24.4 Å². The third kappa shape index (κ3) is 0.447. The fourth-order valence-corrected chi connectivity index (χ4v) is 2.09. The van der Waals surface area contributed by atoms with E-state index in [1.807, 2.05) is 0 Å². The number of rotatable bonds is 1. The molecule has 2 aliphatic heterocycles. The molecule has 1 saturated carbocycles. The molecule has 2 saturated heterocycles. The summed E-state index contributed by atoms with van der Waals surface area (Å²) in [5, 5.41) is 0. The van der Waals surface area contributed by atoms with E-state index in [1.54, 1.807) is 0 Å². The van der Waals surface area contributed by atoms with Crippen molar-refractivity contribution in [2.24, 2.45) is 0 Å². The van der Waals surface area contributed by atoms with Gasteiger partial charge in [-0.3, -0.25) is 0 Å². The minimum absolute atomic E-state index is 0.250. The average Bonchev–Trinajstić information content (AvgIpc) is 2.73. The van der Waals surface area contributed by atoms with Gasteiger partial charge >= 0.3 is 0 Å². The lowest BCUT2D eigenvalue weighted by atomic mass is 10.0. The van der Waals surface area contributed by atoms with Gasteiger partial charge in [0.1, 0.15) is 11.7 Å². The Kier molecular flexibility index (Phi) is 0.616. The summed E-state index contributed by atoms with van der Waals surface area (Å²) in [6.07, 6.45) is 4.96. The van der Waals surface area contributed by atoms with Gasteiger partial charge in [-0.05, 0) is 19.3 Å². The molecule has 0 aromatic carbocycles. The summed E-state index contributed by atoms with van der Waals surface area (Å²) in [6.45, 7) is 0.955. The lowest BCUT2D eigenvalue weighted by Crippen LogP contribution is -2.17. The van der Waals surface area contributed by atoms with E-state index in [2.05, 4.69) is 0 Å². The molecule has 0 aromatic rings. The van der Waals surface area contributed by atoms with Crippen LogP contribution in [0.25, 0.3) is 0 Å². The van der Waals surface area contributed by atoms with Crippen molar-refractivity contribution < 1.29 is 9.47 Å². The van der Waals surface area contributed by atoms with Gasteiger partial charge in [-0.25, -0.2) is 0 Å². The van der Waals surface area contributed by atoms with E-state index in [4.69, 9.17) is 9.47 Å². The van der Waals surface area contributed by atoms with Gasteiger partial charge in [0.2, 0.25) is 0 Å². The van der Waals surface area contributed by atoms with Crippen molar-refractivity contribution in [1.82, 2.24) is 0 Å². The molecule has 2 nitrogen and oxygen atoms in total. The van der Waals surface area contributed by atoms with Crippen LogP contribution < -0.4 is 0 Å².